The predicted octanol–water partition coefficient (Wildman–Crippen LogP) is 3.23. The number of carbonyl (C=O) groups is 1. The molecule has 2 aliphatic heterocycles. The Morgan fingerprint density at radius 2 is 1.91 bits per heavy atom. The summed E-state index contributed by atoms with van der Waals surface area (Å²) in [4.78, 5) is 33.8. The van der Waals surface area contributed by atoms with E-state index in [0.29, 0.717) is 5.82 Å². The lowest BCUT2D eigenvalue weighted by Gasteiger charge is -2.31. The van der Waals surface area contributed by atoms with Crippen molar-refractivity contribution in [2.75, 3.05) is 7.11 Å². The van der Waals surface area contributed by atoms with Gasteiger partial charge in [-0.25, -0.2) is 4.98 Å². The number of benzene rings is 1. The predicted molar refractivity (Wildman–Crippen MR) is 133 cm³/mol. The van der Waals surface area contributed by atoms with Gasteiger partial charge in [-0.2, -0.15) is 0 Å². The minimum absolute atomic E-state index is 0.225. The highest BCUT2D eigenvalue weighted by molar-refractivity contribution is 6.16. The van der Waals surface area contributed by atoms with Crippen molar-refractivity contribution < 1.29 is 14.3 Å². The topological polar surface area (TPSA) is 109 Å². The van der Waals surface area contributed by atoms with Crippen LogP contribution >= 0.6 is 0 Å². The zero-order valence-corrected chi connectivity index (χ0v) is 20.5. The number of aromatic nitrogens is 2. The van der Waals surface area contributed by atoms with Crippen LogP contribution in [0.4, 0.5) is 0 Å². The van der Waals surface area contributed by atoms with Crippen LogP contribution in [0.1, 0.15) is 60.3 Å². The molecule has 0 radical (unpaired) electrons. The SMILES string of the molecule is COc1cc2c(c3c1OC(C)(C)C3)C(c1ccnc(-n3cc(C(N)=O)ccc3=O)c1)=NC(C)(C)C2. The average molecular weight is 473 g/mol. The number of carbonyl (C=O) groups excluding carboxylic acids is 1. The molecule has 5 rings (SSSR count). The molecule has 8 nitrogen and oxygen atoms in total. The Bertz CT molecular complexity index is 1470. The Balaban J connectivity index is 1.71. The van der Waals surface area contributed by atoms with Crippen LogP contribution in [0, 0.1) is 0 Å². The van der Waals surface area contributed by atoms with Gasteiger partial charge in [-0.05, 0) is 63.9 Å². The minimum atomic E-state index is -0.616. The highest BCUT2D eigenvalue weighted by Crippen LogP contribution is 2.47. The first-order valence-electron chi connectivity index (χ1n) is 11.5. The van der Waals surface area contributed by atoms with Gasteiger partial charge in [-0.1, -0.05) is 0 Å². The first kappa shape index (κ1) is 22.8. The van der Waals surface area contributed by atoms with Gasteiger partial charge in [-0.3, -0.25) is 19.1 Å². The van der Waals surface area contributed by atoms with E-state index in [9.17, 15) is 9.59 Å². The van der Waals surface area contributed by atoms with Gasteiger partial charge in [0.25, 0.3) is 5.56 Å². The Hall–Kier alpha value is -3.94. The average Bonchev–Trinajstić information content (AvgIpc) is 3.12. The number of methoxy groups -OCH3 is 1. The number of nitrogens with zero attached hydrogens (tertiary/aromatic N) is 3. The number of nitrogens with two attached hydrogens (primary N) is 1. The first-order chi connectivity index (χ1) is 16.5. The second kappa shape index (κ2) is 7.80. The van der Waals surface area contributed by atoms with Gasteiger partial charge in [0.2, 0.25) is 5.91 Å². The molecule has 0 fully saturated rings. The van der Waals surface area contributed by atoms with Crippen LogP contribution in [0.25, 0.3) is 5.82 Å². The summed E-state index contributed by atoms with van der Waals surface area (Å²) in [5, 5.41) is 0. The zero-order chi connectivity index (χ0) is 25.1. The molecule has 4 heterocycles. The third kappa shape index (κ3) is 3.99. The van der Waals surface area contributed by atoms with Crippen LogP contribution in [0.2, 0.25) is 0 Å². The van der Waals surface area contributed by atoms with E-state index in [0.717, 1.165) is 52.3 Å². The van der Waals surface area contributed by atoms with E-state index >= 15 is 0 Å². The molecule has 0 atom stereocenters. The van der Waals surface area contributed by atoms with Gasteiger partial charge in [-0.15, -0.1) is 0 Å². The van der Waals surface area contributed by atoms with Gasteiger partial charge < -0.3 is 15.2 Å². The van der Waals surface area contributed by atoms with Crippen molar-refractivity contribution in [3.05, 3.63) is 80.9 Å². The van der Waals surface area contributed by atoms with Crippen LogP contribution in [-0.2, 0) is 12.8 Å². The van der Waals surface area contributed by atoms with E-state index < -0.39 is 5.91 Å². The molecule has 2 N–H and O–H groups in total. The number of aliphatic imine (C=N–C) groups is 1. The summed E-state index contributed by atoms with van der Waals surface area (Å²) in [7, 11) is 1.66. The van der Waals surface area contributed by atoms with Crippen LogP contribution < -0.4 is 20.8 Å². The van der Waals surface area contributed by atoms with Crippen molar-refractivity contribution >= 4 is 11.6 Å². The molecule has 2 aliphatic rings. The molecule has 0 aliphatic carbocycles. The van der Waals surface area contributed by atoms with E-state index in [2.05, 4.69) is 38.7 Å². The lowest BCUT2D eigenvalue weighted by molar-refractivity contribution is 0.0999. The fraction of sp³-hybridized carbons (Fsp3) is 0.333. The van der Waals surface area contributed by atoms with Crippen molar-refractivity contribution in [3.8, 4) is 17.3 Å². The van der Waals surface area contributed by atoms with Crippen molar-refractivity contribution in [3.63, 3.8) is 0 Å². The van der Waals surface area contributed by atoms with Crippen LogP contribution in [-0.4, -0.2) is 39.4 Å². The number of hydrogen-bond acceptors (Lipinski definition) is 6. The van der Waals surface area contributed by atoms with E-state index in [1.165, 1.54) is 22.9 Å². The molecule has 3 aromatic rings. The molecule has 1 amide bonds. The van der Waals surface area contributed by atoms with Crippen LogP contribution in [0.3, 0.4) is 0 Å². The lowest BCUT2D eigenvalue weighted by atomic mass is 9.81. The third-order valence-corrected chi connectivity index (χ3v) is 6.36. The number of ether oxygens (including phenoxy) is 2. The summed E-state index contributed by atoms with van der Waals surface area (Å²) in [6.07, 6.45) is 4.53. The quantitative estimate of drug-likeness (QED) is 0.627. The molecule has 0 saturated carbocycles. The molecule has 35 heavy (non-hydrogen) atoms. The Labute approximate surface area is 203 Å². The molecule has 8 heteroatoms. The number of hydrogen-bond donors (Lipinski definition) is 1. The van der Waals surface area contributed by atoms with Crippen LogP contribution in [0.5, 0.6) is 11.5 Å². The van der Waals surface area contributed by atoms with Crippen molar-refractivity contribution in [1.82, 2.24) is 9.55 Å². The smallest absolute Gasteiger partial charge is 0.256 e. The fourth-order valence-electron chi connectivity index (χ4n) is 4.94. The Morgan fingerprint density at radius 1 is 1.14 bits per heavy atom. The van der Waals surface area contributed by atoms with E-state index in [1.807, 2.05) is 12.1 Å². The summed E-state index contributed by atoms with van der Waals surface area (Å²) in [6.45, 7) is 8.31. The normalized spacial score (nSPS) is 17.1. The molecule has 1 aromatic carbocycles. The molecular weight excluding hydrogens is 444 g/mol. The second-order valence-electron chi connectivity index (χ2n) is 10.3. The molecule has 0 saturated heterocycles. The largest absolute Gasteiger partial charge is 0.493 e. The summed E-state index contributed by atoms with van der Waals surface area (Å²) >= 11 is 0. The van der Waals surface area contributed by atoms with Crippen molar-refractivity contribution in [2.45, 2.75) is 51.7 Å². The van der Waals surface area contributed by atoms with Gasteiger partial charge in [0.15, 0.2) is 11.5 Å². The fourth-order valence-corrected chi connectivity index (χ4v) is 4.94. The van der Waals surface area contributed by atoms with Crippen molar-refractivity contribution in [2.24, 2.45) is 10.7 Å². The van der Waals surface area contributed by atoms with Gasteiger partial charge in [0, 0.05) is 41.6 Å². The van der Waals surface area contributed by atoms with Gasteiger partial charge in [0.05, 0.1) is 23.9 Å². The van der Waals surface area contributed by atoms with E-state index in [1.54, 1.807) is 13.3 Å². The summed E-state index contributed by atoms with van der Waals surface area (Å²) < 4.78 is 13.3. The molecular formula is C27H28N4O4. The first-order valence-corrected chi connectivity index (χ1v) is 11.5. The van der Waals surface area contributed by atoms with E-state index in [4.69, 9.17) is 20.2 Å². The highest BCUT2D eigenvalue weighted by atomic mass is 16.5. The molecule has 2 aromatic heterocycles. The van der Waals surface area contributed by atoms with Crippen LogP contribution in [0.15, 0.2) is 52.5 Å². The Kier molecular flexibility index (Phi) is 5.09. The molecule has 0 unspecified atom stereocenters. The van der Waals surface area contributed by atoms with Crippen molar-refractivity contribution in [1.29, 1.82) is 0 Å². The van der Waals surface area contributed by atoms with Gasteiger partial charge >= 0.3 is 0 Å². The van der Waals surface area contributed by atoms with E-state index in [-0.39, 0.29) is 22.3 Å². The molecule has 180 valence electrons. The molecule has 0 bridgehead atoms. The second-order valence-corrected chi connectivity index (χ2v) is 10.3. The third-order valence-electron chi connectivity index (χ3n) is 6.36. The maximum atomic E-state index is 12.6. The zero-order valence-electron chi connectivity index (χ0n) is 20.5. The standard InChI is InChI=1S/C27H28N4O4/c1-26(2)12-17-10-19(34-5)24-18(13-27(3,4)35-24)22(17)23(30-26)15-8-9-29-20(11-15)31-14-16(25(28)33)6-7-21(31)32/h6-11,14H,12-13H2,1-5H3,(H2,28,33). The number of pyridine rings is 2. The maximum Gasteiger partial charge on any atom is 0.256 e. The number of rotatable bonds is 4. The summed E-state index contributed by atoms with van der Waals surface area (Å²) in [5.74, 6) is 1.24. The number of fused-ring (bicyclic) bond motifs is 3. The minimum Gasteiger partial charge on any atom is -0.493 e. The highest BCUT2D eigenvalue weighted by Gasteiger charge is 2.39. The molecule has 0 spiro atoms. The maximum absolute atomic E-state index is 12.6. The van der Waals surface area contributed by atoms with Gasteiger partial charge in [0.1, 0.15) is 11.4 Å². The number of primary amides is 1. The monoisotopic (exact) mass is 472 g/mol. The lowest BCUT2D eigenvalue weighted by Crippen LogP contribution is -2.31. The summed E-state index contributed by atoms with van der Waals surface area (Å²) in [5.41, 5.74) is 9.52. The Morgan fingerprint density at radius 3 is 2.63 bits per heavy atom. The summed E-state index contributed by atoms with van der Waals surface area (Å²) in [6, 6.07) is 8.47. The number of amides is 1.